The minimum Gasteiger partial charge on any atom is -0.494 e. The molecule has 0 spiro atoms. The number of rotatable bonds is 2. The molecule has 0 heterocycles. The summed E-state index contributed by atoms with van der Waals surface area (Å²) in [5, 5.41) is 9.62. The zero-order chi connectivity index (χ0) is 10.3. The molecular weight excluding hydrogens is 190 g/mol. The maximum Gasteiger partial charge on any atom is 0.200 e. The number of ether oxygens (including phenoxy) is 1. The van der Waals surface area contributed by atoms with Crippen molar-refractivity contribution in [3.63, 3.8) is 0 Å². The first-order chi connectivity index (χ1) is 6.58. The fraction of sp³-hybridized carbons (Fsp3) is 0.400. The lowest BCUT2D eigenvalue weighted by atomic mass is 10.1. The zero-order valence-electron chi connectivity index (χ0n) is 7.68. The summed E-state index contributed by atoms with van der Waals surface area (Å²) in [5.74, 6) is -2.19. The average Bonchev–Trinajstić information content (AvgIpc) is 2.89. The number of benzene rings is 1. The first-order valence-electron chi connectivity index (χ1n) is 4.33. The van der Waals surface area contributed by atoms with E-state index >= 15 is 0 Å². The van der Waals surface area contributed by atoms with Crippen molar-refractivity contribution >= 4 is 0 Å². The van der Waals surface area contributed by atoms with Crippen LogP contribution >= 0.6 is 0 Å². The lowest BCUT2D eigenvalue weighted by Crippen LogP contribution is -2.09. The molecule has 0 saturated heterocycles. The van der Waals surface area contributed by atoms with E-state index in [1.54, 1.807) is 0 Å². The van der Waals surface area contributed by atoms with Crippen LogP contribution in [0.5, 0.6) is 5.75 Å². The van der Waals surface area contributed by atoms with E-state index in [2.05, 4.69) is 4.74 Å². The molecule has 1 aromatic rings. The van der Waals surface area contributed by atoms with Crippen molar-refractivity contribution in [1.82, 2.24) is 0 Å². The second-order valence-corrected chi connectivity index (χ2v) is 3.47. The number of hydrogen-bond acceptors (Lipinski definition) is 2. The SMILES string of the molecule is COc1ccc(C2(O)CC2)c(F)c1F. The second kappa shape index (κ2) is 2.92. The van der Waals surface area contributed by atoms with Crippen molar-refractivity contribution in [1.29, 1.82) is 0 Å². The minimum atomic E-state index is -1.16. The summed E-state index contributed by atoms with van der Waals surface area (Å²) in [5.41, 5.74) is -1.13. The van der Waals surface area contributed by atoms with Crippen molar-refractivity contribution in [2.24, 2.45) is 0 Å². The Balaban J connectivity index is 2.49. The molecule has 1 saturated carbocycles. The Labute approximate surface area is 80.1 Å². The number of halogens is 2. The second-order valence-electron chi connectivity index (χ2n) is 3.47. The molecule has 4 heteroatoms. The van der Waals surface area contributed by atoms with Crippen molar-refractivity contribution in [3.05, 3.63) is 29.3 Å². The normalized spacial score (nSPS) is 18.0. The predicted molar refractivity (Wildman–Crippen MR) is 46.0 cm³/mol. The van der Waals surface area contributed by atoms with Gasteiger partial charge in [0, 0.05) is 5.56 Å². The fourth-order valence-corrected chi connectivity index (χ4v) is 1.44. The van der Waals surface area contributed by atoms with Crippen LogP contribution in [0.3, 0.4) is 0 Å². The molecule has 0 amide bonds. The Morgan fingerprint density at radius 1 is 1.29 bits per heavy atom. The van der Waals surface area contributed by atoms with Crippen LogP contribution in [0.2, 0.25) is 0 Å². The summed E-state index contributed by atoms with van der Waals surface area (Å²) in [6.07, 6.45) is 0.964. The maximum atomic E-state index is 13.4. The van der Waals surface area contributed by atoms with Gasteiger partial charge in [-0.2, -0.15) is 4.39 Å². The number of methoxy groups -OCH3 is 1. The van der Waals surface area contributed by atoms with Gasteiger partial charge in [0.25, 0.3) is 0 Å². The Bertz CT molecular complexity index is 373. The van der Waals surface area contributed by atoms with Crippen LogP contribution in [0.15, 0.2) is 12.1 Å². The molecule has 2 nitrogen and oxygen atoms in total. The highest BCUT2D eigenvalue weighted by Gasteiger charge is 2.45. The van der Waals surface area contributed by atoms with Crippen LogP contribution in [-0.2, 0) is 5.60 Å². The van der Waals surface area contributed by atoms with Gasteiger partial charge in [0.1, 0.15) is 0 Å². The Hall–Kier alpha value is -1.16. The van der Waals surface area contributed by atoms with Crippen LogP contribution in [0.4, 0.5) is 8.78 Å². The molecule has 0 aliphatic heterocycles. The Morgan fingerprint density at radius 2 is 1.93 bits per heavy atom. The van der Waals surface area contributed by atoms with Gasteiger partial charge in [0.05, 0.1) is 12.7 Å². The topological polar surface area (TPSA) is 29.5 Å². The summed E-state index contributed by atoms with van der Waals surface area (Å²) >= 11 is 0. The summed E-state index contributed by atoms with van der Waals surface area (Å²) in [6.45, 7) is 0. The third kappa shape index (κ3) is 1.26. The van der Waals surface area contributed by atoms with E-state index in [4.69, 9.17) is 0 Å². The molecule has 1 aromatic carbocycles. The van der Waals surface area contributed by atoms with Crippen molar-refractivity contribution in [2.45, 2.75) is 18.4 Å². The molecule has 1 aliphatic rings. The van der Waals surface area contributed by atoms with Gasteiger partial charge in [-0.3, -0.25) is 0 Å². The van der Waals surface area contributed by atoms with Gasteiger partial charge in [0.15, 0.2) is 11.6 Å². The summed E-state index contributed by atoms with van der Waals surface area (Å²) in [6, 6.07) is 2.69. The molecule has 0 radical (unpaired) electrons. The fourth-order valence-electron chi connectivity index (χ4n) is 1.44. The highest BCUT2D eigenvalue weighted by atomic mass is 19.2. The highest BCUT2D eigenvalue weighted by Crippen LogP contribution is 2.47. The van der Waals surface area contributed by atoms with Gasteiger partial charge in [-0.25, -0.2) is 4.39 Å². The monoisotopic (exact) mass is 200 g/mol. The molecular formula is C10H10F2O2. The third-order valence-corrected chi connectivity index (χ3v) is 2.49. The van der Waals surface area contributed by atoms with Gasteiger partial charge in [-0.05, 0) is 25.0 Å². The van der Waals surface area contributed by atoms with E-state index in [0.29, 0.717) is 12.8 Å². The van der Waals surface area contributed by atoms with Crippen molar-refractivity contribution in [2.75, 3.05) is 7.11 Å². The Kier molecular flexibility index (Phi) is 1.96. The van der Waals surface area contributed by atoms with Crippen LogP contribution in [0.1, 0.15) is 18.4 Å². The molecule has 1 aliphatic carbocycles. The van der Waals surface area contributed by atoms with E-state index < -0.39 is 17.2 Å². The van der Waals surface area contributed by atoms with Gasteiger partial charge in [0.2, 0.25) is 5.82 Å². The quantitative estimate of drug-likeness (QED) is 0.790. The maximum absolute atomic E-state index is 13.4. The standard InChI is InChI=1S/C10H10F2O2/c1-14-7-3-2-6(8(11)9(7)12)10(13)4-5-10/h2-3,13H,4-5H2,1H3. The van der Waals surface area contributed by atoms with Crippen LogP contribution in [-0.4, -0.2) is 12.2 Å². The van der Waals surface area contributed by atoms with Gasteiger partial charge >= 0.3 is 0 Å². The van der Waals surface area contributed by atoms with Crippen LogP contribution < -0.4 is 4.74 Å². The summed E-state index contributed by atoms with van der Waals surface area (Å²) < 4.78 is 31.2. The molecule has 0 atom stereocenters. The third-order valence-electron chi connectivity index (χ3n) is 2.49. The molecule has 14 heavy (non-hydrogen) atoms. The first kappa shape index (κ1) is 9.40. The molecule has 0 bridgehead atoms. The Morgan fingerprint density at radius 3 is 2.43 bits per heavy atom. The predicted octanol–water partition coefficient (Wildman–Crippen LogP) is 1.95. The molecule has 0 unspecified atom stereocenters. The van der Waals surface area contributed by atoms with E-state index in [0.717, 1.165) is 0 Å². The molecule has 1 fully saturated rings. The van der Waals surface area contributed by atoms with E-state index in [1.807, 2.05) is 0 Å². The summed E-state index contributed by atoms with van der Waals surface area (Å²) in [4.78, 5) is 0. The van der Waals surface area contributed by atoms with Crippen LogP contribution in [0, 0.1) is 11.6 Å². The van der Waals surface area contributed by atoms with Crippen molar-refractivity contribution < 1.29 is 18.6 Å². The molecule has 76 valence electrons. The van der Waals surface area contributed by atoms with Gasteiger partial charge in [-0.1, -0.05) is 0 Å². The molecule has 0 aromatic heterocycles. The highest BCUT2D eigenvalue weighted by molar-refractivity contribution is 5.36. The first-order valence-corrected chi connectivity index (χ1v) is 4.33. The van der Waals surface area contributed by atoms with Crippen molar-refractivity contribution in [3.8, 4) is 5.75 Å². The van der Waals surface area contributed by atoms with E-state index in [-0.39, 0.29) is 11.3 Å². The zero-order valence-corrected chi connectivity index (χ0v) is 7.68. The molecule has 1 N–H and O–H groups in total. The van der Waals surface area contributed by atoms with Gasteiger partial charge < -0.3 is 9.84 Å². The largest absolute Gasteiger partial charge is 0.494 e. The van der Waals surface area contributed by atoms with E-state index in [1.165, 1.54) is 19.2 Å². The lowest BCUT2D eigenvalue weighted by Gasteiger charge is -2.11. The van der Waals surface area contributed by atoms with Crippen LogP contribution in [0.25, 0.3) is 0 Å². The minimum absolute atomic E-state index is 0.0239. The average molecular weight is 200 g/mol. The number of hydrogen-bond donors (Lipinski definition) is 1. The van der Waals surface area contributed by atoms with E-state index in [9.17, 15) is 13.9 Å². The summed E-state index contributed by atoms with van der Waals surface area (Å²) in [7, 11) is 1.27. The number of aliphatic hydroxyl groups is 1. The smallest absolute Gasteiger partial charge is 0.200 e. The molecule has 2 rings (SSSR count). The van der Waals surface area contributed by atoms with Gasteiger partial charge in [-0.15, -0.1) is 0 Å². The lowest BCUT2D eigenvalue weighted by molar-refractivity contribution is 0.145.